The summed E-state index contributed by atoms with van der Waals surface area (Å²) in [6, 6.07) is 54.4. The summed E-state index contributed by atoms with van der Waals surface area (Å²) in [7, 11) is 0. The van der Waals surface area contributed by atoms with Crippen LogP contribution in [0.1, 0.15) is 168 Å². The molecule has 0 aliphatic heterocycles. The fraction of sp³-hybridized carbons (Fsp3) is 0.281. The summed E-state index contributed by atoms with van der Waals surface area (Å²) in [6.45, 7) is 56.5. The quantitative estimate of drug-likeness (QED) is 0.0961. The Morgan fingerprint density at radius 1 is 0.336 bits per heavy atom. The standard InChI is InChI=1S/C33H29FN4O.C32H27FN4O.C31H25FN4O.C25H20FN5O/c1-18(2)27-16-23(20-10-7-9-13-26(20)36-27)32-37-29(21-11-6-8-12-25(21)34)22-14-15-24-19(3)30(39)28(35-5)17-33(24,4)31(22)38-32;1-17-10-13-26-22(14-17)23(15-18(2)35-26)31-36-28(20-8-6-7-9-25(20)33)21-11-12-24-19(3)29(38)27(34-5)16-32(24,4)30(21)37-31;1-17-9-12-25-22(15-17)19(13-14-34-25)30-35-27(20-7-5-6-8-24(20)32)21-10-11-23-18(2)28(37)26(33-4)16-31(23,3)29(21)36-30;1-14-18-9-8-17-21(16-6-4-5-7-19(16)26)30-24(15-10-11-28-29-13-15)31-23(17)25(18,2)12-20(27-3)22(14)32/h6-13,16-19,24H,14-15H2,1-4H3;6-10,13-16,19,24H,11-12H2,1-4H3;5-9,12-16,18,23H,10-11H2,1-3H3;4-7,10-14,18H,8-9H2,1-2H3/t19-,24-,33-;19-,24-,32-;18-,23-,31-;14-,18-,25-/m1111/s1. The van der Waals surface area contributed by atoms with Crippen LogP contribution in [0.2, 0.25) is 0 Å². The number of allylic oxidation sites excluding steroid dienone is 8. The fourth-order valence-corrected chi connectivity index (χ4v) is 24.2. The Morgan fingerprint density at radius 2 is 0.671 bits per heavy atom. The number of Topliss-reactive ketones (excluding diaryl/α,β-unsaturated/α-hetero) is 4. The average Bonchev–Trinajstić information content (AvgIpc) is 0.714. The first-order valence-corrected chi connectivity index (χ1v) is 49.3. The van der Waals surface area contributed by atoms with Gasteiger partial charge in [-0.15, -0.1) is 0 Å². The number of benzene rings is 7. The van der Waals surface area contributed by atoms with E-state index in [1.54, 1.807) is 104 Å². The van der Waals surface area contributed by atoms with Gasteiger partial charge in [0.15, 0.2) is 46.4 Å². The van der Waals surface area contributed by atoms with E-state index in [2.05, 4.69) is 81.3 Å². The Morgan fingerprint density at radius 3 is 1.04 bits per heavy atom. The van der Waals surface area contributed by atoms with Crippen LogP contribution in [-0.4, -0.2) is 88.2 Å². The van der Waals surface area contributed by atoms with Crippen LogP contribution in [-0.2, 0) is 66.5 Å². The second kappa shape index (κ2) is 38.0. The zero-order valence-corrected chi connectivity index (χ0v) is 83.0. The van der Waals surface area contributed by atoms with Gasteiger partial charge in [-0.05, 0) is 205 Å². The molecule has 12 atom stereocenters. The van der Waals surface area contributed by atoms with E-state index in [0.29, 0.717) is 99.6 Å². The zero-order valence-electron chi connectivity index (χ0n) is 83.0. The number of hydrogen-bond donors (Lipinski definition) is 0. The largest absolute Gasteiger partial charge is 0.308 e. The van der Waals surface area contributed by atoms with Gasteiger partial charge in [-0.3, -0.25) is 15.0 Å². The van der Waals surface area contributed by atoms with Crippen LogP contribution in [0.5, 0.6) is 0 Å². The SMILES string of the molecule is [C-]#[N+]C1=C[C@@]2(C)c3nc(-c4cc(C(C)C)nc5ccccc45)nc(-c4ccccc4F)c3CC[C@@H]2[C@@H](C)C1=O.[C-]#[N+]C1=C[C@@]2(C)c3nc(-c4cc(C)nc5ccc(C)cc45)nc(-c4ccccc4F)c3CC[C@@H]2[C@@H](C)C1=O.[C-]#[N+]C1=C[C@@]2(C)c3nc(-c4ccnc5ccc(C)cc45)nc(-c4ccccc4F)c3CC[C@@H]2[C@@H](C)C1=O.[C-]#[N+]C1=C[C@@]2(C)c3nc(-c4ccnnc4)nc(-c4ccccc4F)c3CC[C@@H]2[C@@H](C)C1=O. The summed E-state index contributed by atoms with van der Waals surface area (Å²) in [5.74, 6) is -0.990. The van der Waals surface area contributed by atoms with Crippen molar-refractivity contribution in [1.82, 2.24) is 65.0 Å². The molecular formula is C121H101F4N17O4. The number of halogens is 4. The van der Waals surface area contributed by atoms with E-state index in [0.717, 1.165) is 143 Å². The molecule has 8 aliphatic rings. The Kier molecular flexibility index (Phi) is 25.2. The van der Waals surface area contributed by atoms with Crippen LogP contribution in [0, 0.1) is 118 Å². The van der Waals surface area contributed by atoms with Gasteiger partial charge in [0.1, 0.15) is 23.3 Å². The topological polar surface area (TPSA) is 253 Å². The van der Waals surface area contributed by atoms with E-state index in [1.807, 2.05) is 140 Å². The number of carbonyl (C=O) groups is 4. The van der Waals surface area contributed by atoms with E-state index in [1.165, 1.54) is 24.3 Å². The Labute approximate surface area is 843 Å². The van der Waals surface area contributed by atoms with Gasteiger partial charge < -0.3 is 19.2 Å². The number of ketones is 4. The molecule has 0 bridgehead atoms. The summed E-state index contributed by atoms with van der Waals surface area (Å²) < 4.78 is 60.6. The maximum atomic E-state index is 15.3. The molecule has 21 nitrogen and oxygen atoms in total. The van der Waals surface area contributed by atoms with Gasteiger partial charge in [0.05, 0.1) is 101 Å². The lowest BCUT2D eigenvalue weighted by Gasteiger charge is -2.46. The Hall–Kier alpha value is -16.5. The minimum atomic E-state index is -0.664. The van der Waals surface area contributed by atoms with Crippen molar-refractivity contribution in [2.45, 2.75) is 169 Å². The molecule has 0 saturated carbocycles. The van der Waals surface area contributed by atoms with Crippen molar-refractivity contribution < 1.29 is 36.7 Å². The highest BCUT2D eigenvalue weighted by Gasteiger charge is 2.55. The van der Waals surface area contributed by atoms with Crippen LogP contribution in [0.25, 0.3) is 143 Å². The monoisotopic (exact) mass is 1930 g/mol. The van der Waals surface area contributed by atoms with Gasteiger partial charge >= 0.3 is 0 Å². The first kappa shape index (κ1) is 97.0. The summed E-state index contributed by atoms with van der Waals surface area (Å²) in [5.41, 5.74) is 18.1. The highest BCUT2D eigenvalue weighted by Crippen LogP contribution is 2.58. The molecule has 0 fully saturated rings. The lowest BCUT2D eigenvalue weighted by atomic mass is 9.58. The normalized spacial score (nSPS) is 22.8. The smallest absolute Gasteiger partial charge is 0.226 e. The molecule has 0 N–H and O–H groups in total. The molecule has 722 valence electrons. The summed E-state index contributed by atoms with van der Waals surface area (Å²) in [5, 5.41) is 10.5. The number of rotatable bonds is 9. The highest BCUT2D eigenvalue weighted by atomic mass is 19.1. The van der Waals surface area contributed by atoms with Crippen molar-refractivity contribution in [2.24, 2.45) is 47.3 Å². The molecule has 146 heavy (non-hydrogen) atoms. The third kappa shape index (κ3) is 16.6. The van der Waals surface area contributed by atoms with Crippen molar-refractivity contribution in [3.63, 3.8) is 0 Å². The van der Waals surface area contributed by atoms with Gasteiger partial charge in [-0.25, -0.2) is 76.8 Å². The van der Waals surface area contributed by atoms with Crippen LogP contribution in [0.3, 0.4) is 0 Å². The highest BCUT2D eigenvalue weighted by molar-refractivity contribution is 6.04. The van der Waals surface area contributed by atoms with Crippen molar-refractivity contribution in [1.29, 1.82) is 0 Å². The lowest BCUT2D eigenvalue weighted by Crippen LogP contribution is -2.46. The third-order valence-electron chi connectivity index (χ3n) is 31.7. The number of para-hydroxylation sites is 1. The summed E-state index contributed by atoms with van der Waals surface area (Å²) in [6.07, 6.45) is 17.5. The molecule has 0 unspecified atom stereocenters. The Bertz CT molecular complexity index is 8400. The molecule has 7 aromatic carbocycles. The second-order valence-electron chi connectivity index (χ2n) is 40.8. The first-order valence-electron chi connectivity index (χ1n) is 49.3. The summed E-state index contributed by atoms with van der Waals surface area (Å²) in [4.78, 5) is 120. The van der Waals surface area contributed by atoms with Gasteiger partial charge in [0.2, 0.25) is 22.8 Å². The van der Waals surface area contributed by atoms with Gasteiger partial charge in [-0.1, -0.05) is 184 Å². The number of carbonyl (C=O) groups excluding carboxylic acids is 4. The summed E-state index contributed by atoms with van der Waals surface area (Å²) >= 11 is 0. The maximum Gasteiger partial charge on any atom is 0.226 e. The minimum absolute atomic E-state index is 0.000199. The van der Waals surface area contributed by atoms with Crippen LogP contribution in [0.4, 0.5) is 17.6 Å². The third-order valence-corrected chi connectivity index (χ3v) is 31.7. The molecule has 8 heterocycles. The van der Waals surface area contributed by atoms with Crippen molar-refractivity contribution >= 4 is 55.8 Å². The van der Waals surface area contributed by atoms with Crippen molar-refractivity contribution in [3.8, 4) is 90.6 Å². The number of fused-ring (bicyclic) bond motifs is 15. The van der Waals surface area contributed by atoms with E-state index in [9.17, 15) is 23.6 Å². The molecule has 23 rings (SSSR count). The molecular weight excluding hydrogens is 1830 g/mol. The van der Waals surface area contributed by atoms with Crippen molar-refractivity contribution in [3.05, 3.63) is 384 Å². The van der Waals surface area contributed by atoms with E-state index >= 15 is 13.2 Å². The van der Waals surface area contributed by atoms with Crippen LogP contribution < -0.4 is 0 Å². The van der Waals surface area contributed by atoms with E-state index < -0.39 is 21.7 Å². The number of aryl methyl sites for hydroxylation is 3. The minimum Gasteiger partial charge on any atom is -0.308 e. The lowest BCUT2D eigenvalue weighted by molar-refractivity contribution is -0.122. The Balaban J connectivity index is 0.000000119. The number of nitrogens with zero attached hydrogens (tertiary/aromatic N) is 17. The predicted octanol–water partition coefficient (Wildman–Crippen LogP) is 25.7. The van der Waals surface area contributed by atoms with Crippen molar-refractivity contribution in [2.75, 3.05) is 0 Å². The molecule has 0 amide bonds. The predicted molar refractivity (Wildman–Crippen MR) is 553 cm³/mol. The van der Waals surface area contributed by atoms with Crippen LogP contribution >= 0.6 is 0 Å². The zero-order chi connectivity index (χ0) is 103. The molecule has 25 heteroatoms. The number of aromatic nitrogens is 13. The van der Waals surface area contributed by atoms with Gasteiger partial charge in [-0.2, -0.15) is 10.2 Å². The molecule has 0 spiro atoms. The molecule has 15 aromatic rings. The molecule has 8 aromatic heterocycles. The average molecular weight is 1930 g/mol. The van der Waals surface area contributed by atoms with E-state index in [4.69, 9.17) is 76.1 Å². The van der Waals surface area contributed by atoms with Gasteiger partial charge in [0, 0.05) is 146 Å². The number of hydrogen-bond acceptors (Lipinski definition) is 17. The van der Waals surface area contributed by atoms with E-state index in [-0.39, 0.29) is 122 Å². The fourth-order valence-electron chi connectivity index (χ4n) is 24.2. The number of pyridine rings is 3. The molecule has 0 radical (unpaired) electrons. The molecule has 0 saturated heterocycles. The maximum absolute atomic E-state index is 15.3. The first-order chi connectivity index (χ1) is 70.2. The second-order valence-corrected chi connectivity index (χ2v) is 40.8. The molecule has 8 aliphatic carbocycles. The van der Waals surface area contributed by atoms with Crippen LogP contribution in [0.15, 0.2) is 248 Å². The van der Waals surface area contributed by atoms with Gasteiger partial charge in [0.25, 0.3) is 0 Å².